The summed E-state index contributed by atoms with van der Waals surface area (Å²) in [6, 6.07) is 62.2. The SMILES string of the molecule is CC(C)c1cc[c-]c(N2[CH-]N(C)c3nccnc32)c1.CC(C)c1cc[c-]c(N2[CH-]N(CCCCN3[CH-]N(c4[c-]ccc(C(C)C)c4)c4nccnc43)c3nccnc32)c1.CN1[CH-]N(c2[c-]cccc2)c2nccnc21.[Ir].[Ir].[c-]1ccccc1N1[CH-]N(CCCCN2[CH-]N(c3[c-]cccc3)c3nccnc32)c2nccnc21. The fraction of sp³-hybridized carbons (Fsp3) is 0.224. The van der Waals surface area contributed by atoms with E-state index in [1.165, 1.54) is 16.7 Å². The number of aromatic nitrogens is 12. The second kappa shape index (κ2) is 36.0. The molecule has 0 N–H and O–H groups in total. The smallest absolute Gasteiger partial charge is 0.143 e. The third-order valence-electron chi connectivity index (χ3n) is 18.8. The van der Waals surface area contributed by atoms with Crippen molar-refractivity contribution >= 4 is 104 Å². The fourth-order valence-corrected chi connectivity index (χ4v) is 13.2. The summed E-state index contributed by atoms with van der Waals surface area (Å²) >= 11 is 0. The number of unbranched alkanes of at least 4 members (excludes halogenated alkanes) is 2. The Morgan fingerprint density at radius 1 is 0.261 bits per heavy atom. The predicted octanol–water partition coefficient (Wildman–Crippen LogP) is 16.3. The van der Waals surface area contributed by atoms with Gasteiger partial charge in [-0.15, -0.1) is 92.3 Å². The summed E-state index contributed by atoms with van der Waals surface area (Å²) in [7, 11) is 3.93. The van der Waals surface area contributed by atoms with E-state index < -0.39 is 0 Å². The van der Waals surface area contributed by atoms with Crippen LogP contribution in [0.2, 0.25) is 0 Å². The van der Waals surface area contributed by atoms with Crippen LogP contribution in [0.25, 0.3) is 0 Å². The predicted molar refractivity (Wildman–Crippen MR) is 429 cm³/mol. The van der Waals surface area contributed by atoms with E-state index in [2.05, 4.69) is 230 Å². The first-order chi connectivity index (χ1) is 53.4. The molecule has 0 saturated carbocycles. The second-order valence-electron chi connectivity index (χ2n) is 27.3. The van der Waals surface area contributed by atoms with Gasteiger partial charge in [0.1, 0.15) is 69.8 Å². The van der Waals surface area contributed by atoms with Crippen LogP contribution in [0.3, 0.4) is 0 Å². The zero-order valence-corrected chi connectivity index (χ0v) is 67.6. The van der Waals surface area contributed by atoms with Gasteiger partial charge in [0.05, 0.1) is 0 Å². The number of rotatable bonds is 19. The summed E-state index contributed by atoms with van der Waals surface area (Å²) in [5.41, 5.74) is 9.68. The van der Waals surface area contributed by atoms with E-state index in [0.29, 0.717) is 17.8 Å². The van der Waals surface area contributed by atoms with E-state index in [1.807, 2.05) is 148 Å². The first kappa shape index (κ1) is 77.8. The van der Waals surface area contributed by atoms with Crippen LogP contribution in [0.4, 0.5) is 104 Å². The Labute approximate surface area is 678 Å². The van der Waals surface area contributed by atoms with Crippen LogP contribution < -0.4 is 58.8 Å². The minimum absolute atomic E-state index is 0. The average Bonchev–Trinajstić information content (AvgIpc) is 1.67. The van der Waals surface area contributed by atoms with E-state index in [-0.39, 0.29) is 40.2 Å². The maximum atomic E-state index is 4.65. The van der Waals surface area contributed by atoms with Crippen molar-refractivity contribution in [3.63, 3.8) is 0 Å². The van der Waals surface area contributed by atoms with Gasteiger partial charge in [0.15, 0.2) is 0 Å². The first-order valence-corrected chi connectivity index (χ1v) is 36.6. The van der Waals surface area contributed by atoms with Crippen molar-refractivity contribution in [2.45, 2.75) is 85.0 Å². The molecular formula is C85H82Ir2N24-12. The Balaban J connectivity index is 0.000000137. The van der Waals surface area contributed by atoms with E-state index in [4.69, 9.17) is 0 Å². The Kier molecular flexibility index (Phi) is 25.3. The van der Waals surface area contributed by atoms with Gasteiger partial charge in [-0.1, -0.05) is 41.5 Å². The number of fused-ring (bicyclic) bond motifs is 6. The number of anilines is 18. The Morgan fingerprint density at radius 3 is 0.730 bits per heavy atom. The van der Waals surface area contributed by atoms with Crippen LogP contribution in [0.1, 0.15) is 102 Å². The number of benzene rings is 6. The fourth-order valence-electron chi connectivity index (χ4n) is 13.2. The minimum Gasteiger partial charge on any atom is -0.487 e. The molecule has 6 aromatic heterocycles. The Hall–Kier alpha value is -11.3. The maximum Gasteiger partial charge on any atom is 0.143 e. The van der Waals surface area contributed by atoms with Gasteiger partial charge in [-0.2, -0.15) is 162 Å². The number of nitrogens with zero attached hydrogens (tertiary/aromatic N) is 24. The molecule has 0 fully saturated rings. The molecule has 12 aromatic rings. The molecule has 572 valence electrons. The molecule has 6 aliphatic heterocycles. The molecule has 0 saturated heterocycles. The van der Waals surface area contributed by atoms with Crippen LogP contribution in [0, 0.1) is 76.4 Å². The Morgan fingerprint density at radius 2 is 0.477 bits per heavy atom. The van der Waals surface area contributed by atoms with E-state index >= 15 is 0 Å². The van der Waals surface area contributed by atoms with Crippen LogP contribution in [0.15, 0.2) is 202 Å². The largest absolute Gasteiger partial charge is 0.487 e. The van der Waals surface area contributed by atoms with Gasteiger partial charge in [-0.25, -0.2) is 59.8 Å². The molecule has 0 bridgehead atoms. The monoisotopic (exact) mass is 1820 g/mol. The summed E-state index contributed by atoms with van der Waals surface area (Å²) in [6.45, 7) is 28.8. The molecule has 0 aliphatic carbocycles. The van der Waals surface area contributed by atoms with Gasteiger partial charge in [-0.05, 0) is 83.7 Å². The summed E-state index contributed by atoms with van der Waals surface area (Å²) in [5.74, 6) is 11.6. The quantitative estimate of drug-likeness (QED) is 0.0547. The maximum absolute atomic E-state index is 4.65. The van der Waals surface area contributed by atoms with Crippen LogP contribution in [-0.4, -0.2) is 100 Å². The van der Waals surface area contributed by atoms with Crippen molar-refractivity contribution in [3.8, 4) is 0 Å². The molecule has 6 aromatic carbocycles. The third-order valence-corrected chi connectivity index (χ3v) is 18.8. The molecule has 6 aliphatic rings. The molecule has 2 radical (unpaired) electrons. The zero-order valence-electron chi connectivity index (χ0n) is 62.8. The Bertz CT molecular complexity index is 4800. The van der Waals surface area contributed by atoms with Gasteiger partial charge >= 0.3 is 0 Å². The van der Waals surface area contributed by atoms with Crippen LogP contribution in [-0.2, 0) is 40.2 Å². The molecule has 0 amide bonds. The standard InChI is InChI=1S/C32H34N8.C26H22N8.C15H16N4.C12H10N4.2Ir/c1-23(2)25-9-7-11-27(19-25)39-21-37(29-31(39)35-15-13-33-29)17-5-6-18-38-22-40(32-30(38)34-14-16-36-32)28-12-8-10-26(20-28)24(3)4;1-3-9-21(10-4-1)33-19-31(23-25(33)29-15-13-27-23)17-7-8-18-32-20-34(22-11-5-2-6-12-22)26-24(32)28-14-16-30-26;1-11(2)12-5-4-6-13(9-12)19-10-18(3)14-15(19)17-8-7-16-14;1-15-9-16(10-5-3-2-4-6-10)12-11(15)13-7-8-14-12;;/h7-10,13-16,19-24H,5-6,17-18H2,1-4H3;1-6,9,11,13-16,19-20H,7-8,17-18H2;4-5,7-11H,1-3H3;2-5,7-9H,1H3;;/q2*-4;2*-2;;. The molecule has 111 heavy (non-hydrogen) atoms. The van der Waals surface area contributed by atoms with E-state index in [9.17, 15) is 0 Å². The topological polar surface area (TPSA) is 194 Å². The summed E-state index contributed by atoms with van der Waals surface area (Å²) in [6.07, 6.45) is 24.7. The molecule has 0 unspecified atom stereocenters. The number of hydrogen-bond acceptors (Lipinski definition) is 24. The molecule has 0 atom stereocenters. The van der Waals surface area contributed by atoms with Crippen LogP contribution in [0.5, 0.6) is 0 Å². The van der Waals surface area contributed by atoms with Gasteiger partial charge in [0.2, 0.25) is 0 Å². The number of hydrogen-bond donors (Lipinski definition) is 0. The molecule has 0 spiro atoms. The van der Waals surface area contributed by atoms with E-state index in [0.717, 1.165) is 156 Å². The minimum atomic E-state index is 0. The van der Waals surface area contributed by atoms with E-state index in [1.54, 1.807) is 74.4 Å². The van der Waals surface area contributed by atoms with Crippen molar-refractivity contribution in [3.05, 3.63) is 295 Å². The summed E-state index contributed by atoms with van der Waals surface area (Å²) in [5, 5.41) is 0. The second-order valence-corrected chi connectivity index (χ2v) is 27.3. The summed E-state index contributed by atoms with van der Waals surface area (Å²) < 4.78 is 0. The molecule has 24 nitrogen and oxygen atoms in total. The third kappa shape index (κ3) is 17.3. The van der Waals surface area contributed by atoms with Gasteiger partial charge in [0, 0.05) is 115 Å². The zero-order chi connectivity index (χ0) is 74.7. The van der Waals surface area contributed by atoms with Gasteiger partial charge in [0.25, 0.3) is 0 Å². The molecule has 26 heteroatoms. The van der Waals surface area contributed by atoms with Crippen molar-refractivity contribution in [2.75, 3.05) is 99.1 Å². The van der Waals surface area contributed by atoms with Crippen molar-refractivity contribution < 1.29 is 40.2 Å². The first-order valence-electron chi connectivity index (χ1n) is 36.6. The molecule has 12 heterocycles. The van der Waals surface area contributed by atoms with Gasteiger partial charge < -0.3 is 58.8 Å². The normalized spacial score (nSPS) is 14.1. The summed E-state index contributed by atoms with van der Waals surface area (Å²) in [4.78, 5) is 79.1. The van der Waals surface area contributed by atoms with Crippen molar-refractivity contribution in [1.82, 2.24) is 59.8 Å². The van der Waals surface area contributed by atoms with Gasteiger partial charge in [-0.3, -0.25) is 0 Å². The number of para-hydroxylation sites is 3. The average molecular weight is 1820 g/mol. The van der Waals surface area contributed by atoms with Crippen LogP contribution >= 0.6 is 0 Å². The van der Waals surface area contributed by atoms with Crippen molar-refractivity contribution in [1.29, 1.82) is 0 Å². The molecule has 18 rings (SSSR count). The molecular weight excluding hydrogens is 1740 g/mol. The van der Waals surface area contributed by atoms with Crippen molar-refractivity contribution in [2.24, 2.45) is 0 Å².